The molecule has 2 aromatic rings. The lowest BCUT2D eigenvalue weighted by Crippen LogP contribution is -2.10. The van der Waals surface area contributed by atoms with Crippen molar-refractivity contribution in [3.63, 3.8) is 0 Å². The highest BCUT2D eigenvalue weighted by atomic mass is 35.5. The lowest BCUT2D eigenvalue weighted by molar-refractivity contribution is -0.390. The third-order valence-corrected chi connectivity index (χ3v) is 2.93. The highest BCUT2D eigenvalue weighted by Gasteiger charge is 2.18. The molecule has 0 amide bonds. The van der Waals surface area contributed by atoms with Crippen molar-refractivity contribution in [2.75, 3.05) is 5.43 Å². The highest BCUT2D eigenvalue weighted by Crippen LogP contribution is 2.26. The van der Waals surface area contributed by atoms with E-state index < -0.39 is 4.92 Å². The number of nitrogens with one attached hydrogen (secondary N) is 1. The number of aryl methyl sites for hydroxylation is 1. The minimum Gasteiger partial charge on any atom is -0.479 e. The summed E-state index contributed by atoms with van der Waals surface area (Å²) in [6.45, 7) is 1.62. The molecule has 2 rings (SSSR count). The van der Waals surface area contributed by atoms with Crippen molar-refractivity contribution in [1.29, 1.82) is 0 Å². The van der Waals surface area contributed by atoms with Gasteiger partial charge in [-0.3, -0.25) is 0 Å². The second kappa shape index (κ2) is 6.33. The zero-order chi connectivity index (χ0) is 15.4. The number of nitrogen functional groups attached to an aromatic ring is 1. The van der Waals surface area contributed by atoms with Gasteiger partial charge in [0.25, 0.3) is 0 Å². The Morgan fingerprint density at radius 2 is 2.14 bits per heavy atom. The van der Waals surface area contributed by atoms with Crippen LogP contribution in [-0.2, 0) is 6.61 Å². The molecule has 110 valence electrons. The van der Waals surface area contributed by atoms with E-state index in [0.717, 1.165) is 0 Å². The fourth-order valence-electron chi connectivity index (χ4n) is 1.59. The molecule has 0 saturated heterocycles. The van der Waals surface area contributed by atoms with Gasteiger partial charge in [0.15, 0.2) is 0 Å². The summed E-state index contributed by atoms with van der Waals surface area (Å²) in [4.78, 5) is 18.3. The van der Waals surface area contributed by atoms with Crippen LogP contribution in [0, 0.1) is 17.0 Å². The minimum atomic E-state index is -0.602. The number of rotatable bonds is 5. The largest absolute Gasteiger partial charge is 0.479 e. The summed E-state index contributed by atoms with van der Waals surface area (Å²) in [5.74, 6) is 5.38. The van der Waals surface area contributed by atoms with Gasteiger partial charge in [0.1, 0.15) is 18.1 Å². The molecule has 0 saturated carbocycles. The van der Waals surface area contributed by atoms with Gasteiger partial charge in [0.2, 0.25) is 5.75 Å². The maximum Gasteiger partial charge on any atom is 0.406 e. The van der Waals surface area contributed by atoms with Gasteiger partial charge in [-0.05, 0) is 34.2 Å². The molecule has 9 heteroatoms. The fourth-order valence-corrected chi connectivity index (χ4v) is 1.75. The average Bonchev–Trinajstić information content (AvgIpc) is 2.47. The topological polar surface area (TPSA) is 116 Å². The number of aromatic nitrogens is 2. The quantitative estimate of drug-likeness (QED) is 0.494. The monoisotopic (exact) mass is 309 g/mol. The van der Waals surface area contributed by atoms with Crippen molar-refractivity contribution in [2.24, 2.45) is 5.84 Å². The molecule has 0 aliphatic carbocycles. The van der Waals surface area contributed by atoms with Crippen LogP contribution in [0.1, 0.15) is 11.4 Å². The Morgan fingerprint density at radius 1 is 1.38 bits per heavy atom. The third kappa shape index (κ3) is 3.56. The van der Waals surface area contributed by atoms with Gasteiger partial charge in [-0.25, -0.2) is 10.8 Å². The number of hydrogen-bond acceptors (Lipinski definition) is 7. The van der Waals surface area contributed by atoms with E-state index in [2.05, 4.69) is 15.4 Å². The standard InChI is InChI=1S/C12H12ClN5O3/c1-7-2-4-10(12(15-7)18(19)20)21-6-9-8(13)3-5-11(16-9)17-14/h2-5H,6,14H2,1H3,(H,16,17). The number of nitrogens with two attached hydrogens (primary N) is 1. The number of ether oxygens (including phenoxy) is 1. The zero-order valence-electron chi connectivity index (χ0n) is 11.0. The average molecular weight is 310 g/mol. The lowest BCUT2D eigenvalue weighted by atomic mass is 10.3. The molecule has 0 spiro atoms. The Bertz CT molecular complexity index is 680. The van der Waals surface area contributed by atoms with Crippen molar-refractivity contribution in [2.45, 2.75) is 13.5 Å². The first kappa shape index (κ1) is 14.9. The highest BCUT2D eigenvalue weighted by molar-refractivity contribution is 6.31. The number of nitro groups is 1. The van der Waals surface area contributed by atoms with Crippen molar-refractivity contribution in [3.8, 4) is 5.75 Å². The van der Waals surface area contributed by atoms with Gasteiger partial charge >= 0.3 is 5.82 Å². The first-order valence-electron chi connectivity index (χ1n) is 5.88. The number of anilines is 1. The molecule has 21 heavy (non-hydrogen) atoms. The second-order valence-corrected chi connectivity index (χ2v) is 4.50. The number of hydrazine groups is 1. The molecule has 0 fully saturated rings. The van der Waals surface area contributed by atoms with Gasteiger partial charge in [-0.15, -0.1) is 0 Å². The second-order valence-electron chi connectivity index (χ2n) is 4.09. The summed E-state index contributed by atoms with van der Waals surface area (Å²) in [7, 11) is 0. The Morgan fingerprint density at radius 3 is 2.81 bits per heavy atom. The molecule has 3 N–H and O–H groups in total. The van der Waals surface area contributed by atoms with Crippen molar-refractivity contribution in [3.05, 3.63) is 50.8 Å². The summed E-state index contributed by atoms with van der Waals surface area (Å²) < 4.78 is 5.40. The molecule has 0 radical (unpaired) electrons. The molecule has 0 aliphatic rings. The van der Waals surface area contributed by atoms with Crippen LogP contribution in [0.4, 0.5) is 11.6 Å². The number of hydrogen-bond donors (Lipinski definition) is 2. The first-order valence-corrected chi connectivity index (χ1v) is 6.26. The van der Waals surface area contributed by atoms with Crippen molar-refractivity contribution < 1.29 is 9.66 Å². The number of pyridine rings is 2. The molecule has 0 unspecified atom stereocenters. The fraction of sp³-hybridized carbons (Fsp3) is 0.167. The van der Waals surface area contributed by atoms with Crippen LogP contribution in [0.5, 0.6) is 5.75 Å². The molecular formula is C12H12ClN5O3. The van der Waals surface area contributed by atoms with E-state index in [9.17, 15) is 10.1 Å². The van der Waals surface area contributed by atoms with Gasteiger partial charge < -0.3 is 20.3 Å². The van der Waals surface area contributed by atoms with Crippen LogP contribution >= 0.6 is 11.6 Å². The van der Waals surface area contributed by atoms with Crippen LogP contribution < -0.4 is 16.0 Å². The Hall–Kier alpha value is -2.45. The van der Waals surface area contributed by atoms with E-state index in [1.807, 2.05) is 0 Å². The van der Waals surface area contributed by atoms with Crippen LogP contribution in [0.25, 0.3) is 0 Å². The molecule has 2 aromatic heterocycles. The van der Waals surface area contributed by atoms with Crippen LogP contribution in [0.15, 0.2) is 24.3 Å². The maximum absolute atomic E-state index is 10.9. The van der Waals surface area contributed by atoms with Crippen LogP contribution in [0.2, 0.25) is 5.02 Å². The van der Waals surface area contributed by atoms with Crippen molar-refractivity contribution >= 4 is 23.2 Å². The van der Waals surface area contributed by atoms with Crippen LogP contribution in [0.3, 0.4) is 0 Å². The van der Waals surface area contributed by atoms with E-state index >= 15 is 0 Å². The smallest absolute Gasteiger partial charge is 0.406 e. The Kier molecular flexibility index (Phi) is 4.51. The summed E-state index contributed by atoms with van der Waals surface area (Å²) in [5, 5.41) is 11.3. The summed E-state index contributed by atoms with van der Waals surface area (Å²) in [6, 6.07) is 6.31. The van der Waals surface area contributed by atoms with Gasteiger partial charge in [0, 0.05) is 6.92 Å². The maximum atomic E-state index is 10.9. The molecule has 0 bridgehead atoms. The third-order valence-electron chi connectivity index (χ3n) is 2.58. The zero-order valence-corrected chi connectivity index (χ0v) is 11.8. The molecule has 2 heterocycles. The Balaban J connectivity index is 2.22. The van der Waals surface area contributed by atoms with E-state index in [1.54, 1.807) is 25.1 Å². The molecule has 0 aromatic carbocycles. The van der Waals surface area contributed by atoms with E-state index in [4.69, 9.17) is 22.2 Å². The van der Waals surface area contributed by atoms with Gasteiger partial charge in [-0.1, -0.05) is 11.6 Å². The normalized spacial score (nSPS) is 10.2. The van der Waals surface area contributed by atoms with Crippen LogP contribution in [-0.4, -0.2) is 14.9 Å². The molecule has 0 atom stereocenters. The van der Waals surface area contributed by atoms with E-state index in [1.165, 1.54) is 6.07 Å². The Labute approximate surface area is 125 Å². The summed E-state index contributed by atoms with van der Waals surface area (Å²) >= 11 is 5.99. The predicted molar refractivity (Wildman–Crippen MR) is 77.0 cm³/mol. The minimum absolute atomic E-state index is 0.0417. The summed E-state index contributed by atoms with van der Waals surface area (Å²) in [6.07, 6.45) is 0. The number of nitrogens with zero attached hydrogens (tertiary/aromatic N) is 3. The SMILES string of the molecule is Cc1ccc(OCc2nc(NN)ccc2Cl)c([N+](=O)[O-])n1. The number of halogens is 1. The van der Waals surface area contributed by atoms with Gasteiger partial charge in [-0.2, -0.15) is 0 Å². The van der Waals surface area contributed by atoms with Gasteiger partial charge in [0.05, 0.1) is 10.7 Å². The lowest BCUT2D eigenvalue weighted by Gasteiger charge is -2.08. The van der Waals surface area contributed by atoms with Crippen molar-refractivity contribution in [1.82, 2.24) is 9.97 Å². The first-order chi connectivity index (χ1) is 10.0. The van der Waals surface area contributed by atoms with E-state index in [-0.39, 0.29) is 18.2 Å². The predicted octanol–water partition coefficient (Wildman–Crippen LogP) is 2.21. The molecule has 0 aliphatic heterocycles. The molecular weight excluding hydrogens is 298 g/mol. The molecule has 8 nitrogen and oxygen atoms in total. The van der Waals surface area contributed by atoms with E-state index in [0.29, 0.717) is 22.2 Å². The summed E-state index contributed by atoms with van der Waals surface area (Å²) in [5.41, 5.74) is 3.32.